The van der Waals surface area contributed by atoms with Crippen molar-refractivity contribution in [2.75, 3.05) is 30.3 Å². The molecule has 168 valence electrons. The third kappa shape index (κ3) is 5.70. The van der Waals surface area contributed by atoms with Crippen LogP contribution < -0.4 is 19.1 Å². The molecule has 0 aliphatic carbocycles. The van der Waals surface area contributed by atoms with Gasteiger partial charge < -0.3 is 14.8 Å². The first-order chi connectivity index (χ1) is 14.4. The summed E-state index contributed by atoms with van der Waals surface area (Å²) in [6.45, 7) is 8.65. The van der Waals surface area contributed by atoms with Crippen LogP contribution in [-0.4, -0.2) is 46.4 Å². The molecule has 1 N–H and O–H groups in total. The lowest BCUT2D eigenvalue weighted by atomic mass is 9.86. The van der Waals surface area contributed by atoms with Crippen molar-refractivity contribution >= 4 is 21.6 Å². The van der Waals surface area contributed by atoms with Gasteiger partial charge in [-0.3, -0.25) is 9.10 Å². The highest BCUT2D eigenvalue weighted by Crippen LogP contribution is 2.38. The smallest absolute Gasteiger partial charge is 0.263 e. The van der Waals surface area contributed by atoms with Gasteiger partial charge in [0, 0.05) is 0 Å². The first-order valence-corrected chi connectivity index (χ1v) is 12.1. The molecule has 3 rings (SSSR count). The standard InChI is InChI=1S/C23H30N2O5S/c1-16-6-9-18(10-7-16)29-13-12-24-22(26)21-15-25(31(5,27)28)19-14-17(23(2,3)4)8-11-20(19)30-21/h6-11,14,21H,12-13,15H2,1-5H3,(H,24,26). The molecule has 2 aromatic rings. The van der Waals surface area contributed by atoms with E-state index < -0.39 is 16.1 Å². The Morgan fingerprint density at radius 3 is 2.48 bits per heavy atom. The highest BCUT2D eigenvalue weighted by atomic mass is 32.2. The summed E-state index contributed by atoms with van der Waals surface area (Å²) in [6.07, 6.45) is 0.193. The van der Waals surface area contributed by atoms with Crippen LogP contribution in [0.15, 0.2) is 42.5 Å². The van der Waals surface area contributed by atoms with Crippen molar-refractivity contribution in [2.24, 2.45) is 0 Å². The Kier molecular flexibility index (Phi) is 6.50. The maximum atomic E-state index is 12.6. The van der Waals surface area contributed by atoms with Crippen LogP contribution in [0, 0.1) is 6.92 Å². The fraction of sp³-hybridized carbons (Fsp3) is 0.435. The van der Waals surface area contributed by atoms with Crippen molar-refractivity contribution in [3.63, 3.8) is 0 Å². The van der Waals surface area contributed by atoms with Crippen molar-refractivity contribution in [1.82, 2.24) is 5.32 Å². The number of carbonyl (C=O) groups is 1. The second-order valence-electron chi connectivity index (χ2n) is 8.79. The van der Waals surface area contributed by atoms with Crippen LogP contribution in [0.2, 0.25) is 0 Å². The Balaban J connectivity index is 1.67. The Labute approximate surface area is 184 Å². The average Bonchev–Trinajstić information content (AvgIpc) is 2.69. The minimum absolute atomic E-state index is 0.0793. The number of ether oxygens (including phenoxy) is 2. The Morgan fingerprint density at radius 2 is 1.87 bits per heavy atom. The number of carbonyl (C=O) groups excluding carboxylic acids is 1. The second-order valence-corrected chi connectivity index (χ2v) is 10.7. The van der Waals surface area contributed by atoms with E-state index >= 15 is 0 Å². The minimum Gasteiger partial charge on any atom is -0.492 e. The number of anilines is 1. The highest BCUT2D eigenvalue weighted by molar-refractivity contribution is 7.92. The quantitative estimate of drug-likeness (QED) is 0.690. The molecule has 0 bridgehead atoms. The topological polar surface area (TPSA) is 84.9 Å². The van der Waals surface area contributed by atoms with E-state index in [1.54, 1.807) is 6.07 Å². The molecule has 2 aromatic carbocycles. The number of hydrogen-bond acceptors (Lipinski definition) is 5. The maximum absolute atomic E-state index is 12.6. The largest absolute Gasteiger partial charge is 0.492 e. The number of rotatable bonds is 6. The molecule has 7 nitrogen and oxygen atoms in total. The molecule has 1 atom stereocenters. The monoisotopic (exact) mass is 446 g/mol. The van der Waals surface area contributed by atoms with Crippen molar-refractivity contribution in [3.8, 4) is 11.5 Å². The molecule has 0 aromatic heterocycles. The van der Waals surface area contributed by atoms with E-state index in [0.29, 0.717) is 18.0 Å². The molecule has 0 saturated heterocycles. The van der Waals surface area contributed by atoms with E-state index in [9.17, 15) is 13.2 Å². The molecule has 0 spiro atoms. The van der Waals surface area contributed by atoms with E-state index in [0.717, 1.165) is 23.1 Å². The van der Waals surface area contributed by atoms with Gasteiger partial charge in [-0.1, -0.05) is 44.5 Å². The molecule has 1 aliphatic rings. The predicted molar refractivity (Wildman–Crippen MR) is 121 cm³/mol. The second kappa shape index (κ2) is 8.78. The van der Waals surface area contributed by atoms with Crippen molar-refractivity contribution < 1.29 is 22.7 Å². The van der Waals surface area contributed by atoms with Gasteiger partial charge in [-0.05, 0) is 42.2 Å². The summed E-state index contributed by atoms with van der Waals surface area (Å²) in [5.74, 6) is 0.716. The van der Waals surface area contributed by atoms with Crippen LogP contribution in [0.4, 0.5) is 5.69 Å². The van der Waals surface area contributed by atoms with E-state index in [4.69, 9.17) is 9.47 Å². The van der Waals surface area contributed by atoms with Gasteiger partial charge in [-0.15, -0.1) is 0 Å². The zero-order valence-corrected chi connectivity index (χ0v) is 19.5. The normalized spacial score (nSPS) is 16.3. The molecular weight excluding hydrogens is 416 g/mol. The molecule has 1 aliphatic heterocycles. The zero-order chi connectivity index (χ0) is 22.8. The van der Waals surface area contributed by atoms with E-state index in [1.807, 2.05) is 43.3 Å². The van der Waals surface area contributed by atoms with Gasteiger partial charge in [-0.2, -0.15) is 0 Å². The van der Waals surface area contributed by atoms with Crippen molar-refractivity contribution in [1.29, 1.82) is 0 Å². The highest BCUT2D eigenvalue weighted by Gasteiger charge is 2.35. The van der Waals surface area contributed by atoms with Gasteiger partial charge in [-0.25, -0.2) is 8.42 Å². The number of amides is 1. The Hall–Kier alpha value is -2.74. The van der Waals surface area contributed by atoms with Crippen LogP contribution in [0.3, 0.4) is 0 Å². The first-order valence-electron chi connectivity index (χ1n) is 10.2. The number of sulfonamides is 1. The van der Waals surface area contributed by atoms with Crippen LogP contribution in [-0.2, 0) is 20.2 Å². The molecule has 1 amide bonds. The lowest BCUT2D eigenvalue weighted by Gasteiger charge is -2.35. The SMILES string of the molecule is Cc1ccc(OCCNC(=O)C2CN(S(C)(=O)=O)c3cc(C(C)(C)C)ccc3O2)cc1. The number of hydrogen-bond donors (Lipinski definition) is 1. The van der Waals surface area contributed by atoms with Gasteiger partial charge in [0.05, 0.1) is 25.0 Å². The lowest BCUT2D eigenvalue weighted by molar-refractivity contribution is -0.127. The summed E-state index contributed by atoms with van der Waals surface area (Å²) in [4.78, 5) is 12.6. The minimum atomic E-state index is -3.58. The van der Waals surface area contributed by atoms with Gasteiger partial charge in [0.15, 0.2) is 6.10 Å². The summed E-state index contributed by atoms with van der Waals surface area (Å²) in [6, 6.07) is 13.1. The van der Waals surface area contributed by atoms with Crippen molar-refractivity contribution in [2.45, 2.75) is 39.2 Å². The van der Waals surface area contributed by atoms with E-state index in [-0.39, 0.29) is 24.4 Å². The van der Waals surface area contributed by atoms with E-state index in [2.05, 4.69) is 26.1 Å². The number of benzene rings is 2. The molecule has 1 unspecified atom stereocenters. The maximum Gasteiger partial charge on any atom is 0.263 e. The van der Waals surface area contributed by atoms with Crippen LogP contribution in [0.1, 0.15) is 31.9 Å². The van der Waals surface area contributed by atoms with Gasteiger partial charge in [0.1, 0.15) is 18.1 Å². The third-order valence-corrected chi connectivity index (χ3v) is 6.22. The van der Waals surface area contributed by atoms with Crippen LogP contribution in [0.25, 0.3) is 0 Å². The van der Waals surface area contributed by atoms with Crippen LogP contribution in [0.5, 0.6) is 11.5 Å². The first kappa shape index (κ1) is 22.9. The number of nitrogens with one attached hydrogen (secondary N) is 1. The molecular formula is C23H30N2O5S. The summed E-state index contributed by atoms with van der Waals surface area (Å²) >= 11 is 0. The van der Waals surface area contributed by atoms with Gasteiger partial charge in [0.2, 0.25) is 10.0 Å². The predicted octanol–water partition coefficient (Wildman–Crippen LogP) is 3.01. The summed E-state index contributed by atoms with van der Waals surface area (Å²) in [5.41, 5.74) is 2.44. The molecule has 0 saturated carbocycles. The summed E-state index contributed by atoms with van der Waals surface area (Å²) in [5, 5.41) is 2.76. The van der Waals surface area contributed by atoms with Gasteiger partial charge in [0.25, 0.3) is 5.91 Å². The molecule has 0 fully saturated rings. The van der Waals surface area contributed by atoms with Crippen LogP contribution >= 0.6 is 0 Å². The van der Waals surface area contributed by atoms with Crippen molar-refractivity contribution in [3.05, 3.63) is 53.6 Å². The Bertz CT molecular complexity index is 1040. The summed E-state index contributed by atoms with van der Waals surface area (Å²) in [7, 11) is -3.58. The molecule has 8 heteroatoms. The summed E-state index contributed by atoms with van der Waals surface area (Å²) < 4.78 is 37.6. The molecule has 0 radical (unpaired) electrons. The average molecular weight is 447 g/mol. The van der Waals surface area contributed by atoms with E-state index in [1.165, 1.54) is 4.31 Å². The zero-order valence-electron chi connectivity index (χ0n) is 18.6. The Morgan fingerprint density at radius 1 is 1.19 bits per heavy atom. The van der Waals surface area contributed by atoms with Gasteiger partial charge >= 0.3 is 0 Å². The number of nitrogens with zero attached hydrogens (tertiary/aromatic N) is 1. The molecule has 1 heterocycles. The fourth-order valence-corrected chi connectivity index (χ4v) is 4.17. The number of aryl methyl sites for hydroxylation is 1. The fourth-order valence-electron chi connectivity index (χ4n) is 3.26. The lowest BCUT2D eigenvalue weighted by Crippen LogP contribution is -2.51. The molecule has 31 heavy (non-hydrogen) atoms. The number of fused-ring (bicyclic) bond motifs is 1. The third-order valence-electron chi connectivity index (χ3n) is 5.08.